The first-order chi connectivity index (χ1) is 11.1. The second kappa shape index (κ2) is 7.48. The molecule has 5 nitrogen and oxygen atoms in total. The molecular formula is C15H18ClF3N2O3. The first-order valence-corrected chi connectivity index (χ1v) is 7.71. The number of carbonyl (C=O) groups excluding carboxylic acids is 1. The average molecular weight is 367 g/mol. The minimum atomic E-state index is -4.48. The summed E-state index contributed by atoms with van der Waals surface area (Å²) in [6.07, 6.45) is -3.53. The van der Waals surface area contributed by atoms with Crippen LogP contribution in [0.4, 0.5) is 23.7 Å². The normalized spacial score (nSPS) is 20.2. The highest BCUT2D eigenvalue weighted by molar-refractivity contribution is 6.31. The average Bonchev–Trinajstić information content (AvgIpc) is 2.43. The lowest BCUT2D eigenvalue weighted by Crippen LogP contribution is -2.41. The van der Waals surface area contributed by atoms with Gasteiger partial charge in [-0.2, -0.15) is 13.2 Å². The highest BCUT2D eigenvalue weighted by Crippen LogP contribution is 2.31. The molecule has 1 aliphatic carbocycles. The molecule has 24 heavy (non-hydrogen) atoms. The number of alkyl halides is 3. The number of aliphatic hydroxyl groups is 1. The lowest BCUT2D eigenvalue weighted by molar-refractivity contribution is -0.153. The summed E-state index contributed by atoms with van der Waals surface area (Å²) in [6.45, 7) is -1.02. The van der Waals surface area contributed by atoms with Gasteiger partial charge in [-0.25, -0.2) is 4.79 Å². The fourth-order valence-corrected chi connectivity index (χ4v) is 2.59. The van der Waals surface area contributed by atoms with Gasteiger partial charge in [0.2, 0.25) is 0 Å². The van der Waals surface area contributed by atoms with Gasteiger partial charge in [0.05, 0.1) is 11.8 Å². The van der Waals surface area contributed by atoms with E-state index in [4.69, 9.17) is 16.3 Å². The predicted molar refractivity (Wildman–Crippen MR) is 83.4 cm³/mol. The Morgan fingerprint density at radius 1 is 1.46 bits per heavy atom. The zero-order valence-electron chi connectivity index (χ0n) is 12.9. The summed E-state index contributed by atoms with van der Waals surface area (Å²) in [6, 6.07) is 3.48. The molecule has 1 aromatic rings. The number of hydrogen-bond acceptors (Lipinski definition) is 3. The van der Waals surface area contributed by atoms with Crippen molar-refractivity contribution in [3.05, 3.63) is 23.2 Å². The Morgan fingerprint density at radius 3 is 2.71 bits per heavy atom. The molecule has 1 saturated carbocycles. The number of nitrogens with zero attached hydrogens (tertiary/aromatic N) is 1. The molecule has 0 unspecified atom stereocenters. The molecule has 1 fully saturated rings. The highest BCUT2D eigenvalue weighted by Gasteiger charge is 2.30. The zero-order valence-corrected chi connectivity index (χ0v) is 13.7. The largest absolute Gasteiger partial charge is 0.482 e. The number of anilines is 1. The Bertz CT molecular complexity index is 592. The number of benzene rings is 1. The van der Waals surface area contributed by atoms with E-state index in [0.29, 0.717) is 19.4 Å². The standard InChI is InChI=1S/C15H18ClF3N2O3/c1-21(7-9-4-11(22)5-9)14(23)20-12-6-10(16)2-3-13(12)24-8-15(17,18)19/h2-3,6,9,11,22H,4-5,7-8H2,1H3,(H,20,23). The molecule has 2 amide bonds. The molecule has 0 radical (unpaired) electrons. The maximum absolute atomic E-state index is 12.3. The second-order valence-corrected chi connectivity index (χ2v) is 6.28. The number of rotatable bonds is 5. The molecule has 0 atom stereocenters. The first-order valence-electron chi connectivity index (χ1n) is 7.33. The molecule has 134 valence electrons. The van der Waals surface area contributed by atoms with Crippen molar-refractivity contribution < 1.29 is 27.8 Å². The molecule has 2 N–H and O–H groups in total. The van der Waals surface area contributed by atoms with Crippen LogP contribution in [0.3, 0.4) is 0 Å². The summed E-state index contributed by atoms with van der Waals surface area (Å²) in [5.41, 5.74) is 0.0669. The Balaban J connectivity index is 1.99. The lowest BCUT2D eigenvalue weighted by Gasteiger charge is -2.34. The summed E-state index contributed by atoms with van der Waals surface area (Å²) in [5, 5.41) is 12.0. The van der Waals surface area contributed by atoms with Crippen LogP contribution >= 0.6 is 11.6 Å². The van der Waals surface area contributed by atoms with E-state index < -0.39 is 18.8 Å². The third-order valence-electron chi connectivity index (χ3n) is 3.66. The Labute approximate surface area is 142 Å². The lowest BCUT2D eigenvalue weighted by atomic mass is 9.82. The molecule has 0 bridgehead atoms. The quantitative estimate of drug-likeness (QED) is 0.838. The van der Waals surface area contributed by atoms with E-state index in [1.807, 2.05) is 0 Å². The molecule has 0 aliphatic heterocycles. The van der Waals surface area contributed by atoms with Crippen molar-refractivity contribution in [2.75, 3.05) is 25.5 Å². The van der Waals surface area contributed by atoms with E-state index in [1.165, 1.54) is 23.1 Å². The zero-order chi connectivity index (χ0) is 17.9. The van der Waals surface area contributed by atoms with Crippen molar-refractivity contribution >= 4 is 23.3 Å². The van der Waals surface area contributed by atoms with Crippen molar-refractivity contribution in [3.63, 3.8) is 0 Å². The minimum Gasteiger partial charge on any atom is -0.482 e. The Morgan fingerprint density at radius 2 is 2.12 bits per heavy atom. The number of carbonyl (C=O) groups is 1. The molecule has 0 aromatic heterocycles. The van der Waals surface area contributed by atoms with Crippen LogP contribution in [0.15, 0.2) is 18.2 Å². The van der Waals surface area contributed by atoms with Gasteiger partial charge in [0.1, 0.15) is 5.75 Å². The van der Waals surface area contributed by atoms with Gasteiger partial charge >= 0.3 is 12.2 Å². The fourth-order valence-electron chi connectivity index (χ4n) is 2.42. The maximum atomic E-state index is 12.3. The van der Waals surface area contributed by atoms with Crippen LogP contribution in [0.25, 0.3) is 0 Å². The maximum Gasteiger partial charge on any atom is 0.422 e. The van der Waals surface area contributed by atoms with Gasteiger partial charge in [-0.05, 0) is 37.0 Å². The van der Waals surface area contributed by atoms with E-state index >= 15 is 0 Å². The van der Waals surface area contributed by atoms with Gasteiger partial charge in [-0.15, -0.1) is 0 Å². The predicted octanol–water partition coefficient (Wildman–Crippen LogP) is 3.52. The Hall–Kier alpha value is -1.67. The van der Waals surface area contributed by atoms with Gasteiger partial charge < -0.3 is 20.1 Å². The number of aliphatic hydroxyl groups excluding tert-OH is 1. The van der Waals surface area contributed by atoms with Gasteiger partial charge in [0.25, 0.3) is 0 Å². The second-order valence-electron chi connectivity index (χ2n) is 5.85. The number of hydrogen-bond donors (Lipinski definition) is 2. The van der Waals surface area contributed by atoms with Gasteiger partial charge in [0.15, 0.2) is 6.61 Å². The van der Waals surface area contributed by atoms with Crippen molar-refractivity contribution in [1.82, 2.24) is 4.90 Å². The fraction of sp³-hybridized carbons (Fsp3) is 0.533. The summed E-state index contributed by atoms with van der Waals surface area (Å²) < 4.78 is 41.6. The van der Waals surface area contributed by atoms with E-state index in [1.54, 1.807) is 7.05 Å². The number of urea groups is 1. The SMILES string of the molecule is CN(CC1CC(O)C1)C(=O)Nc1cc(Cl)ccc1OCC(F)(F)F. The van der Waals surface area contributed by atoms with Gasteiger partial charge in [0, 0.05) is 18.6 Å². The molecule has 0 spiro atoms. The number of amides is 2. The van der Waals surface area contributed by atoms with Gasteiger partial charge in [-0.3, -0.25) is 0 Å². The summed E-state index contributed by atoms with van der Waals surface area (Å²) in [7, 11) is 1.57. The third-order valence-corrected chi connectivity index (χ3v) is 3.90. The van der Waals surface area contributed by atoms with E-state index in [2.05, 4.69) is 5.32 Å². The van der Waals surface area contributed by atoms with E-state index in [-0.39, 0.29) is 28.5 Å². The smallest absolute Gasteiger partial charge is 0.422 e. The van der Waals surface area contributed by atoms with Gasteiger partial charge in [-0.1, -0.05) is 11.6 Å². The third kappa shape index (κ3) is 5.45. The van der Waals surface area contributed by atoms with Crippen LogP contribution in [0.2, 0.25) is 5.02 Å². The number of ether oxygens (including phenoxy) is 1. The van der Waals surface area contributed by atoms with E-state index in [0.717, 1.165) is 0 Å². The van der Waals surface area contributed by atoms with Crippen LogP contribution in [0.1, 0.15) is 12.8 Å². The summed E-state index contributed by atoms with van der Waals surface area (Å²) in [4.78, 5) is 13.6. The van der Waals surface area contributed by atoms with Crippen molar-refractivity contribution in [1.29, 1.82) is 0 Å². The molecule has 1 aliphatic rings. The number of halogens is 4. The van der Waals surface area contributed by atoms with E-state index in [9.17, 15) is 23.1 Å². The highest BCUT2D eigenvalue weighted by atomic mass is 35.5. The van der Waals surface area contributed by atoms with Crippen LogP contribution in [-0.4, -0.2) is 48.5 Å². The topological polar surface area (TPSA) is 61.8 Å². The van der Waals surface area contributed by atoms with Crippen LogP contribution in [0.5, 0.6) is 5.75 Å². The van der Waals surface area contributed by atoms with Crippen LogP contribution in [-0.2, 0) is 0 Å². The van der Waals surface area contributed by atoms with Crippen molar-refractivity contribution in [2.24, 2.45) is 5.92 Å². The minimum absolute atomic E-state index is 0.0669. The molecule has 0 heterocycles. The van der Waals surface area contributed by atoms with Crippen LogP contribution < -0.4 is 10.1 Å². The number of nitrogens with one attached hydrogen (secondary N) is 1. The van der Waals surface area contributed by atoms with Crippen LogP contribution in [0, 0.1) is 5.92 Å². The Kier molecular flexibility index (Phi) is 5.82. The first kappa shape index (κ1) is 18.7. The summed E-state index contributed by atoms with van der Waals surface area (Å²) in [5.74, 6) is 0.105. The van der Waals surface area contributed by atoms with Crippen molar-refractivity contribution in [2.45, 2.75) is 25.1 Å². The molecule has 9 heteroatoms. The molecule has 0 saturated heterocycles. The molecular weight excluding hydrogens is 349 g/mol. The molecule has 2 rings (SSSR count). The monoisotopic (exact) mass is 366 g/mol. The molecule has 1 aromatic carbocycles. The summed E-state index contributed by atoms with van der Waals surface area (Å²) >= 11 is 5.83. The van der Waals surface area contributed by atoms with Crippen molar-refractivity contribution in [3.8, 4) is 5.75 Å².